The van der Waals surface area contributed by atoms with Gasteiger partial charge < -0.3 is 4.57 Å². The summed E-state index contributed by atoms with van der Waals surface area (Å²) in [5.41, 5.74) is 9.59. The summed E-state index contributed by atoms with van der Waals surface area (Å²) in [4.78, 5) is 4.52. The van der Waals surface area contributed by atoms with E-state index in [2.05, 4.69) is 83.7 Å². The summed E-state index contributed by atoms with van der Waals surface area (Å²) in [5.74, 6) is 0. The normalized spacial score (nSPS) is 12.9. The van der Waals surface area contributed by atoms with E-state index < -0.39 is 0 Å². The Morgan fingerprint density at radius 2 is 1.96 bits per heavy atom. The molecule has 2 aromatic heterocycles. The number of hydrogen-bond donors (Lipinski definition) is 0. The summed E-state index contributed by atoms with van der Waals surface area (Å²) in [5, 5.41) is 1.34. The molecular formula is C26H22N2. The molecule has 1 aliphatic carbocycles. The van der Waals surface area contributed by atoms with Gasteiger partial charge in [-0.3, -0.25) is 4.98 Å². The van der Waals surface area contributed by atoms with Crippen molar-refractivity contribution >= 4 is 22.6 Å². The molecule has 4 aromatic rings. The Hall–Kier alpha value is -3.39. The van der Waals surface area contributed by atoms with E-state index >= 15 is 0 Å². The Kier molecular flexibility index (Phi) is 3.98. The molecule has 2 heteroatoms. The van der Waals surface area contributed by atoms with E-state index in [4.69, 9.17) is 0 Å². The molecule has 28 heavy (non-hydrogen) atoms. The molecule has 1 aliphatic rings. The van der Waals surface area contributed by atoms with Crippen LogP contribution in [-0.2, 0) is 6.42 Å². The number of benzene rings is 2. The molecular weight excluding hydrogens is 340 g/mol. The van der Waals surface area contributed by atoms with Crippen LogP contribution in [0.4, 0.5) is 0 Å². The molecule has 136 valence electrons. The van der Waals surface area contributed by atoms with E-state index in [1.165, 1.54) is 33.4 Å². The van der Waals surface area contributed by atoms with Gasteiger partial charge >= 0.3 is 0 Å². The maximum atomic E-state index is 4.52. The third-order valence-electron chi connectivity index (χ3n) is 5.51. The minimum atomic E-state index is 0.995. The second kappa shape index (κ2) is 6.65. The highest BCUT2D eigenvalue weighted by Crippen LogP contribution is 2.36. The summed E-state index contributed by atoms with van der Waals surface area (Å²) in [6, 6.07) is 21.4. The second-order valence-electron chi connectivity index (χ2n) is 7.42. The van der Waals surface area contributed by atoms with E-state index in [0.717, 1.165) is 29.7 Å². The number of hydrogen-bond acceptors (Lipinski definition) is 1. The van der Waals surface area contributed by atoms with Gasteiger partial charge in [0.25, 0.3) is 0 Å². The van der Waals surface area contributed by atoms with Crippen LogP contribution in [0.3, 0.4) is 0 Å². The summed E-state index contributed by atoms with van der Waals surface area (Å²) in [6.45, 7) is 6.20. The zero-order valence-electron chi connectivity index (χ0n) is 16.0. The van der Waals surface area contributed by atoms with Gasteiger partial charge in [-0.2, -0.15) is 0 Å². The van der Waals surface area contributed by atoms with E-state index in [1.807, 2.05) is 18.3 Å². The van der Waals surface area contributed by atoms with Crippen LogP contribution in [0, 0.1) is 0 Å². The molecule has 5 rings (SSSR count). The van der Waals surface area contributed by atoms with Crippen LogP contribution < -0.4 is 0 Å². The highest BCUT2D eigenvalue weighted by Gasteiger charge is 2.19. The monoisotopic (exact) mass is 362 g/mol. The van der Waals surface area contributed by atoms with Crippen LogP contribution in [0.2, 0.25) is 0 Å². The maximum Gasteiger partial charge on any atom is 0.0702 e. The molecule has 0 unspecified atom stereocenters. The summed E-state index contributed by atoms with van der Waals surface area (Å²) < 4.78 is 2.38. The zero-order valence-corrected chi connectivity index (χ0v) is 16.0. The number of aryl methyl sites for hydroxylation is 1. The Labute approximate surface area is 165 Å². The first-order valence-corrected chi connectivity index (χ1v) is 9.74. The Bertz CT molecular complexity index is 1230. The minimum Gasteiger partial charge on any atom is -0.310 e. The van der Waals surface area contributed by atoms with Gasteiger partial charge in [0.05, 0.1) is 11.2 Å². The minimum absolute atomic E-state index is 0.995. The summed E-state index contributed by atoms with van der Waals surface area (Å²) in [6.07, 6.45) is 8.57. The average Bonchev–Trinajstić information content (AvgIpc) is 3.08. The molecule has 0 radical (unpaired) electrons. The lowest BCUT2D eigenvalue weighted by Gasteiger charge is -2.13. The number of nitrogens with zero attached hydrogens (tertiary/aromatic N) is 2. The van der Waals surface area contributed by atoms with Crippen LogP contribution in [0.25, 0.3) is 39.5 Å². The first kappa shape index (κ1) is 16.8. The van der Waals surface area contributed by atoms with E-state index in [-0.39, 0.29) is 0 Å². The van der Waals surface area contributed by atoms with Crippen molar-refractivity contribution in [3.8, 4) is 16.9 Å². The molecule has 2 aromatic carbocycles. The van der Waals surface area contributed by atoms with E-state index in [1.54, 1.807) is 0 Å². The van der Waals surface area contributed by atoms with Crippen molar-refractivity contribution in [1.82, 2.24) is 9.55 Å². The molecule has 0 saturated carbocycles. The molecule has 0 fully saturated rings. The standard InChI is InChI=1S/C26H22N2/c1-18(2)19-13-14-26-23(17-19)22-10-3-4-12-25(22)28(26)21-9-7-8-20(16-21)24-11-5-6-15-27-24/h4-9,11-17H,1,3,10H2,2H3. The van der Waals surface area contributed by atoms with Crippen molar-refractivity contribution in [2.45, 2.75) is 19.8 Å². The van der Waals surface area contributed by atoms with Gasteiger partial charge in [-0.1, -0.05) is 42.5 Å². The first-order chi connectivity index (χ1) is 13.7. The van der Waals surface area contributed by atoms with Crippen LogP contribution in [-0.4, -0.2) is 9.55 Å². The predicted molar refractivity (Wildman–Crippen MR) is 119 cm³/mol. The van der Waals surface area contributed by atoms with Crippen molar-refractivity contribution in [3.05, 3.63) is 96.3 Å². The van der Waals surface area contributed by atoms with Crippen molar-refractivity contribution < 1.29 is 0 Å². The first-order valence-electron chi connectivity index (χ1n) is 9.74. The van der Waals surface area contributed by atoms with Gasteiger partial charge in [0.15, 0.2) is 0 Å². The van der Waals surface area contributed by atoms with Gasteiger partial charge in [0.1, 0.15) is 0 Å². The third kappa shape index (κ3) is 2.69. The van der Waals surface area contributed by atoms with E-state index in [9.17, 15) is 0 Å². The highest BCUT2D eigenvalue weighted by atomic mass is 15.0. The molecule has 0 saturated heterocycles. The van der Waals surface area contributed by atoms with Crippen LogP contribution in [0.15, 0.2) is 79.5 Å². The van der Waals surface area contributed by atoms with Crippen molar-refractivity contribution in [2.24, 2.45) is 0 Å². The van der Waals surface area contributed by atoms with Crippen LogP contribution in [0.5, 0.6) is 0 Å². The van der Waals surface area contributed by atoms with Crippen LogP contribution >= 0.6 is 0 Å². The molecule has 0 amide bonds. The topological polar surface area (TPSA) is 17.8 Å². The van der Waals surface area contributed by atoms with Crippen molar-refractivity contribution in [3.63, 3.8) is 0 Å². The number of fused-ring (bicyclic) bond motifs is 3. The molecule has 0 aliphatic heterocycles. The smallest absolute Gasteiger partial charge is 0.0702 e. The lowest BCUT2D eigenvalue weighted by Crippen LogP contribution is -2.00. The predicted octanol–water partition coefficient (Wildman–Crippen LogP) is 6.69. The van der Waals surface area contributed by atoms with Gasteiger partial charge in [0.2, 0.25) is 0 Å². The summed E-state index contributed by atoms with van der Waals surface area (Å²) >= 11 is 0. The van der Waals surface area contributed by atoms with Gasteiger partial charge in [-0.25, -0.2) is 0 Å². The number of allylic oxidation sites excluding steroid dienone is 2. The van der Waals surface area contributed by atoms with Gasteiger partial charge in [0, 0.05) is 28.5 Å². The lowest BCUT2D eigenvalue weighted by molar-refractivity contribution is 0.967. The Morgan fingerprint density at radius 1 is 1.04 bits per heavy atom. The second-order valence-corrected chi connectivity index (χ2v) is 7.42. The molecule has 0 atom stereocenters. The number of rotatable bonds is 3. The molecule has 0 N–H and O–H groups in total. The highest BCUT2D eigenvalue weighted by molar-refractivity contribution is 5.93. The molecule has 2 nitrogen and oxygen atoms in total. The summed E-state index contributed by atoms with van der Waals surface area (Å²) in [7, 11) is 0. The van der Waals surface area contributed by atoms with Gasteiger partial charge in [-0.15, -0.1) is 0 Å². The van der Waals surface area contributed by atoms with Crippen molar-refractivity contribution in [2.75, 3.05) is 0 Å². The molecule has 0 bridgehead atoms. The third-order valence-corrected chi connectivity index (χ3v) is 5.51. The Morgan fingerprint density at radius 3 is 2.79 bits per heavy atom. The van der Waals surface area contributed by atoms with Gasteiger partial charge in [-0.05, 0) is 73.4 Å². The fourth-order valence-corrected chi connectivity index (χ4v) is 4.12. The molecule has 0 spiro atoms. The zero-order chi connectivity index (χ0) is 19.1. The quantitative estimate of drug-likeness (QED) is 0.397. The maximum absolute atomic E-state index is 4.52. The number of pyridine rings is 1. The fraction of sp³-hybridized carbons (Fsp3) is 0.115. The Balaban J connectivity index is 1.76. The number of aromatic nitrogens is 2. The largest absolute Gasteiger partial charge is 0.310 e. The average molecular weight is 362 g/mol. The fourth-order valence-electron chi connectivity index (χ4n) is 4.12. The SMILES string of the molecule is C=C(C)c1ccc2c(c1)c1c(n2-c2cccc(-c3ccccn3)c2)C=CCC1. The molecule has 2 heterocycles. The van der Waals surface area contributed by atoms with Crippen LogP contribution in [0.1, 0.15) is 30.2 Å². The van der Waals surface area contributed by atoms with E-state index in [0.29, 0.717) is 0 Å². The van der Waals surface area contributed by atoms with Crippen molar-refractivity contribution in [1.29, 1.82) is 0 Å². The lowest BCUT2D eigenvalue weighted by atomic mass is 9.98.